The van der Waals surface area contributed by atoms with Crippen LogP contribution in [0.2, 0.25) is 0 Å². The molecule has 2 aliphatic heterocycles. The SMILES string of the molecule is COCCN1C(=O)CC(C(=O)OC)C12CCN(Cc1ccc3nsnc3c1)CC2. The number of likely N-dealkylation sites (tertiary alicyclic amines) is 2. The van der Waals surface area contributed by atoms with Crippen LogP contribution in [0.5, 0.6) is 0 Å². The lowest BCUT2D eigenvalue weighted by molar-refractivity contribution is -0.150. The summed E-state index contributed by atoms with van der Waals surface area (Å²) < 4.78 is 18.8. The first-order chi connectivity index (χ1) is 14.1. The molecule has 1 aromatic heterocycles. The molecule has 2 saturated heterocycles. The van der Waals surface area contributed by atoms with Gasteiger partial charge in [-0.2, -0.15) is 8.75 Å². The summed E-state index contributed by atoms with van der Waals surface area (Å²) in [5.41, 5.74) is 2.58. The van der Waals surface area contributed by atoms with Gasteiger partial charge in [-0.3, -0.25) is 14.5 Å². The summed E-state index contributed by atoms with van der Waals surface area (Å²) >= 11 is 1.23. The van der Waals surface area contributed by atoms with Gasteiger partial charge in [-0.25, -0.2) is 0 Å². The largest absolute Gasteiger partial charge is 0.469 e. The lowest BCUT2D eigenvalue weighted by Crippen LogP contribution is -2.58. The Morgan fingerprint density at radius 2 is 2.00 bits per heavy atom. The maximum Gasteiger partial charge on any atom is 0.311 e. The van der Waals surface area contributed by atoms with Crippen molar-refractivity contribution in [3.8, 4) is 0 Å². The number of hydrogen-bond acceptors (Lipinski definition) is 8. The number of aromatic nitrogens is 2. The van der Waals surface area contributed by atoms with Crippen molar-refractivity contribution < 1.29 is 19.1 Å². The summed E-state index contributed by atoms with van der Waals surface area (Å²) in [6.45, 7) is 3.43. The first-order valence-electron chi connectivity index (χ1n) is 9.88. The van der Waals surface area contributed by atoms with Gasteiger partial charge in [0.1, 0.15) is 11.0 Å². The molecule has 9 heteroatoms. The molecular formula is C20H26N4O4S. The molecule has 0 N–H and O–H groups in total. The zero-order valence-corrected chi connectivity index (χ0v) is 17.6. The van der Waals surface area contributed by atoms with Crippen LogP contribution in [0.1, 0.15) is 24.8 Å². The number of carbonyl (C=O) groups is 2. The number of rotatable bonds is 6. The summed E-state index contributed by atoms with van der Waals surface area (Å²) in [6, 6.07) is 6.19. The highest BCUT2D eigenvalue weighted by molar-refractivity contribution is 7.00. The van der Waals surface area contributed by atoms with Gasteiger partial charge in [0.05, 0.1) is 36.9 Å². The number of hydrogen-bond donors (Lipinski definition) is 0. The van der Waals surface area contributed by atoms with Crippen LogP contribution in [0, 0.1) is 5.92 Å². The van der Waals surface area contributed by atoms with Gasteiger partial charge in [0.25, 0.3) is 0 Å². The third-order valence-corrected chi connectivity index (χ3v) is 6.87. The molecule has 1 amide bonds. The molecule has 0 radical (unpaired) electrons. The van der Waals surface area contributed by atoms with Crippen LogP contribution in [0.3, 0.4) is 0 Å². The van der Waals surface area contributed by atoms with Crippen molar-refractivity contribution in [1.82, 2.24) is 18.5 Å². The van der Waals surface area contributed by atoms with Crippen molar-refractivity contribution in [2.45, 2.75) is 31.3 Å². The Morgan fingerprint density at radius 1 is 1.24 bits per heavy atom. The maximum absolute atomic E-state index is 12.7. The number of carbonyl (C=O) groups excluding carboxylic acids is 2. The van der Waals surface area contributed by atoms with Crippen molar-refractivity contribution in [1.29, 1.82) is 0 Å². The standard InChI is InChI=1S/C20H26N4O4S/c1-27-10-9-24-18(25)12-15(19(26)28-2)20(24)5-7-23(8-6-20)13-14-3-4-16-17(11-14)22-29-21-16/h3-4,11,15H,5-10,12-13H2,1-2H3. The molecule has 2 fully saturated rings. The first kappa shape index (κ1) is 20.2. The minimum atomic E-state index is -0.470. The number of benzene rings is 1. The van der Waals surface area contributed by atoms with Gasteiger partial charge in [0, 0.05) is 39.7 Å². The second-order valence-corrected chi connectivity index (χ2v) is 8.31. The lowest BCUT2D eigenvalue weighted by atomic mass is 9.76. The molecular weight excluding hydrogens is 392 g/mol. The average Bonchev–Trinajstić information content (AvgIpc) is 3.30. The molecule has 1 aromatic carbocycles. The summed E-state index contributed by atoms with van der Waals surface area (Å²) in [5, 5.41) is 0. The molecule has 4 rings (SSSR count). The quantitative estimate of drug-likeness (QED) is 0.660. The molecule has 3 heterocycles. The normalized spacial score (nSPS) is 21.9. The predicted molar refractivity (Wildman–Crippen MR) is 108 cm³/mol. The Kier molecular flexibility index (Phi) is 5.80. The van der Waals surface area contributed by atoms with Gasteiger partial charge < -0.3 is 14.4 Å². The van der Waals surface area contributed by atoms with Crippen LogP contribution in [0.25, 0.3) is 11.0 Å². The molecule has 2 aromatic rings. The summed E-state index contributed by atoms with van der Waals surface area (Å²) in [4.78, 5) is 29.4. The van der Waals surface area contributed by atoms with Gasteiger partial charge >= 0.3 is 5.97 Å². The molecule has 156 valence electrons. The van der Waals surface area contributed by atoms with Gasteiger partial charge in [-0.15, -0.1) is 0 Å². The Morgan fingerprint density at radius 3 is 2.72 bits per heavy atom. The topological polar surface area (TPSA) is 84.9 Å². The first-order valence-corrected chi connectivity index (χ1v) is 10.6. The fraction of sp³-hybridized carbons (Fsp3) is 0.600. The van der Waals surface area contributed by atoms with E-state index in [1.165, 1.54) is 24.4 Å². The van der Waals surface area contributed by atoms with Crippen LogP contribution >= 0.6 is 11.7 Å². The molecule has 0 saturated carbocycles. The predicted octanol–water partition coefficient (Wildman–Crippen LogP) is 1.69. The van der Waals surface area contributed by atoms with E-state index in [1.54, 1.807) is 7.11 Å². The van der Waals surface area contributed by atoms with E-state index in [1.807, 2.05) is 11.0 Å². The minimum Gasteiger partial charge on any atom is -0.469 e. The van der Waals surface area contributed by atoms with Gasteiger partial charge in [-0.1, -0.05) is 6.07 Å². The van der Waals surface area contributed by atoms with Gasteiger partial charge in [0.15, 0.2) is 0 Å². The molecule has 2 aliphatic rings. The Labute approximate surface area is 174 Å². The summed E-state index contributed by atoms with van der Waals surface area (Å²) in [5.74, 6) is -0.669. The fourth-order valence-corrected chi connectivity index (χ4v) is 5.30. The van der Waals surface area contributed by atoms with Crippen molar-refractivity contribution in [3.05, 3.63) is 23.8 Å². The van der Waals surface area contributed by atoms with Crippen molar-refractivity contribution >= 4 is 34.6 Å². The zero-order chi connectivity index (χ0) is 20.4. The summed E-state index contributed by atoms with van der Waals surface area (Å²) in [7, 11) is 3.03. The van der Waals surface area contributed by atoms with Crippen LogP contribution in [0.4, 0.5) is 0 Å². The number of amides is 1. The molecule has 8 nitrogen and oxygen atoms in total. The molecule has 1 unspecified atom stereocenters. The Hall–Kier alpha value is -2.10. The summed E-state index contributed by atoms with van der Waals surface area (Å²) in [6.07, 6.45) is 1.73. The second-order valence-electron chi connectivity index (χ2n) is 7.79. The molecule has 1 spiro atoms. The van der Waals surface area contributed by atoms with Gasteiger partial charge in [0.2, 0.25) is 5.91 Å². The smallest absolute Gasteiger partial charge is 0.311 e. The van der Waals surface area contributed by atoms with Crippen LogP contribution in [-0.4, -0.2) is 76.4 Å². The number of ether oxygens (including phenoxy) is 2. The monoisotopic (exact) mass is 418 g/mol. The van der Waals surface area contributed by atoms with Crippen molar-refractivity contribution in [2.75, 3.05) is 40.5 Å². The third kappa shape index (κ3) is 3.74. The number of methoxy groups -OCH3 is 2. The molecule has 29 heavy (non-hydrogen) atoms. The molecule has 0 aliphatic carbocycles. The van der Waals surface area contributed by atoms with Crippen LogP contribution in [0.15, 0.2) is 18.2 Å². The van der Waals surface area contributed by atoms with E-state index in [9.17, 15) is 9.59 Å². The van der Waals surface area contributed by atoms with E-state index in [-0.39, 0.29) is 18.3 Å². The van der Waals surface area contributed by atoms with Crippen molar-refractivity contribution in [2.24, 2.45) is 5.92 Å². The van der Waals surface area contributed by atoms with Crippen LogP contribution < -0.4 is 0 Å². The average molecular weight is 419 g/mol. The van der Waals surface area contributed by atoms with E-state index < -0.39 is 11.5 Å². The zero-order valence-electron chi connectivity index (χ0n) is 16.8. The number of piperidine rings is 1. The second kappa shape index (κ2) is 8.33. The fourth-order valence-electron chi connectivity index (χ4n) is 4.79. The Balaban J connectivity index is 1.49. The van der Waals surface area contributed by atoms with E-state index in [4.69, 9.17) is 9.47 Å². The number of fused-ring (bicyclic) bond motifs is 1. The van der Waals surface area contributed by atoms with E-state index >= 15 is 0 Å². The van der Waals surface area contributed by atoms with Crippen LogP contribution in [-0.2, 0) is 25.6 Å². The highest BCUT2D eigenvalue weighted by atomic mass is 32.1. The minimum absolute atomic E-state index is 0.0207. The maximum atomic E-state index is 12.7. The lowest BCUT2D eigenvalue weighted by Gasteiger charge is -2.47. The Bertz CT molecular complexity index is 893. The molecule has 0 bridgehead atoms. The van der Waals surface area contributed by atoms with Gasteiger partial charge in [-0.05, 0) is 30.5 Å². The van der Waals surface area contributed by atoms with E-state index in [0.29, 0.717) is 13.2 Å². The highest BCUT2D eigenvalue weighted by Gasteiger charge is 2.56. The third-order valence-electron chi connectivity index (χ3n) is 6.32. The molecule has 1 atom stereocenters. The number of esters is 1. The van der Waals surface area contributed by atoms with E-state index in [2.05, 4.69) is 25.8 Å². The highest BCUT2D eigenvalue weighted by Crippen LogP contribution is 2.44. The van der Waals surface area contributed by atoms with E-state index in [0.717, 1.165) is 43.5 Å². The van der Waals surface area contributed by atoms with Crippen molar-refractivity contribution in [3.63, 3.8) is 0 Å². The number of nitrogens with zero attached hydrogens (tertiary/aromatic N) is 4.